The molecule has 2 unspecified atom stereocenters. The Hall–Kier alpha value is -1.79. The second-order valence-corrected chi connectivity index (χ2v) is 4.90. The lowest BCUT2D eigenvalue weighted by atomic mass is 9.99. The summed E-state index contributed by atoms with van der Waals surface area (Å²) in [6.45, 7) is 2.92. The summed E-state index contributed by atoms with van der Waals surface area (Å²) in [5.74, 6) is 0.916. The van der Waals surface area contributed by atoms with Gasteiger partial charge in [-0.3, -0.25) is 4.79 Å². The Bertz CT molecular complexity index is 491. The maximum absolute atomic E-state index is 11.5. The number of hydrogen-bond acceptors (Lipinski definition) is 6. The van der Waals surface area contributed by atoms with Gasteiger partial charge in [0.2, 0.25) is 6.79 Å². The highest BCUT2D eigenvalue weighted by Crippen LogP contribution is 2.35. The molecular formula is C15H21NO5. The van der Waals surface area contributed by atoms with E-state index in [9.17, 15) is 9.90 Å². The number of carbonyl (C=O) groups excluding carboxylic acids is 1. The molecule has 1 aliphatic heterocycles. The number of benzene rings is 1. The smallest absolute Gasteiger partial charge is 0.307 e. The number of nitrogens with one attached hydrogen (secondary N) is 1. The fourth-order valence-electron chi connectivity index (χ4n) is 2.22. The molecule has 2 atom stereocenters. The normalized spacial score (nSPS) is 15.6. The van der Waals surface area contributed by atoms with Crippen molar-refractivity contribution in [3.8, 4) is 11.5 Å². The Morgan fingerprint density at radius 3 is 2.90 bits per heavy atom. The average Bonchev–Trinajstić information content (AvgIpc) is 2.97. The Kier molecular flexibility index (Phi) is 5.41. The highest BCUT2D eigenvalue weighted by atomic mass is 16.7. The van der Waals surface area contributed by atoms with Gasteiger partial charge in [-0.25, -0.2) is 0 Å². The van der Waals surface area contributed by atoms with E-state index >= 15 is 0 Å². The Morgan fingerprint density at radius 1 is 1.43 bits per heavy atom. The van der Waals surface area contributed by atoms with E-state index in [1.807, 2.05) is 6.92 Å². The van der Waals surface area contributed by atoms with Crippen LogP contribution in [-0.4, -0.2) is 37.6 Å². The van der Waals surface area contributed by atoms with Crippen molar-refractivity contribution in [3.63, 3.8) is 0 Å². The number of methoxy groups -OCH3 is 1. The molecule has 2 rings (SSSR count). The molecule has 1 aliphatic rings. The van der Waals surface area contributed by atoms with Crippen LogP contribution in [0.1, 0.15) is 31.4 Å². The van der Waals surface area contributed by atoms with E-state index in [2.05, 4.69) is 10.1 Å². The van der Waals surface area contributed by atoms with E-state index in [1.54, 1.807) is 18.2 Å². The molecule has 116 valence electrons. The molecule has 0 saturated heterocycles. The average molecular weight is 295 g/mol. The Morgan fingerprint density at radius 2 is 2.19 bits per heavy atom. The van der Waals surface area contributed by atoms with Gasteiger partial charge in [-0.2, -0.15) is 0 Å². The molecule has 1 aromatic carbocycles. The first kappa shape index (κ1) is 15.6. The second-order valence-electron chi connectivity index (χ2n) is 4.90. The van der Waals surface area contributed by atoms with Gasteiger partial charge in [0.15, 0.2) is 11.5 Å². The third kappa shape index (κ3) is 3.86. The molecule has 0 saturated carbocycles. The molecule has 0 aliphatic carbocycles. The van der Waals surface area contributed by atoms with Crippen LogP contribution in [-0.2, 0) is 9.53 Å². The van der Waals surface area contributed by atoms with Crippen LogP contribution in [0, 0.1) is 0 Å². The van der Waals surface area contributed by atoms with Gasteiger partial charge >= 0.3 is 5.97 Å². The molecule has 6 nitrogen and oxygen atoms in total. The molecule has 0 radical (unpaired) electrons. The lowest BCUT2D eigenvalue weighted by Gasteiger charge is -2.23. The third-order valence-corrected chi connectivity index (χ3v) is 3.39. The SMILES string of the molecule is CCCNC(CC(=O)OC)C(O)c1ccc2c(c1)OCO2. The molecule has 6 heteroatoms. The van der Waals surface area contributed by atoms with Gasteiger partial charge in [0.25, 0.3) is 0 Å². The summed E-state index contributed by atoms with van der Waals surface area (Å²) >= 11 is 0. The minimum atomic E-state index is -0.829. The summed E-state index contributed by atoms with van der Waals surface area (Å²) in [4.78, 5) is 11.5. The largest absolute Gasteiger partial charge is 0.469 e. The molecule has 0 amide bonds. The van der Waals surface area contributed by atoms with Crippen molar-refractivity contribution in [3.05, 3.63) is 23.8 Å². The lowest BCUT2D eigenvalue weighted by molar-refractivity contribution is -0.142. The van der Waals surface area contributed by atoms with E-state index in [1.165, 1.54) is 7.11 Å². The number of rotatable bonds is 7. The van der Waals surface area contributed by atoms with E-state index in [4.69, 9.17) is 9.47 Å². The van der Waals surface area contributed by atoms with Gasteiger partial charge in [0, 0.05) is 6.04 Å². The van der Waals surface area contributed by atoms with Crippen LogP contribution >= 0.6 is 0 Å². The molecule has 0 spiro atoms. The standard InChI is InChI=1S/C15H21NO5/c1-3-6-16-11(8-14(17)19-2)15(18)10-4-5-12-13(7-10)21-9-20-12/h4-5,7,11,15-16,18H,3,6,8-9H2,1-2H3. The zero-order chi connectivity index (χ0) is 15.2. The maximum Gasteiger partial charge on any atom is 0.307 e. The quantitative estimate of drug-likeness (QED) is 0.740. The van der Waals surface area contributed by atoms with Crippen molar-refractivity contribution in [1.29, 1.82) is 0 Å². The lowest BCUT2D eigenvalue weighted by Crippen LogP contribution is -2.37. The van der Waals surface area contributed by atoms with Crippen molar-refractivity contribution in [2.45, 2.75) is 31.9 Å². The van der Waals surface area contributed by atoms with Crippen LogP contribution in [0.5, 0.6) is 11.5 Å². The first-order valence-electron chi connectivity index (χ1n) is 7.03. The number of ether oxygens (including phenoxy) is 3. The number of hydrogen-bond donors (Lipinski definition) is 2. The first-order valence-corrected chi connectivity index (χ1v) is 7.03. The van der Waals surface area contributed by atoms with Crippen molar-refractivity contribution in [1.82, 2.24) is 5.32 Å². The van der Waals surface area contributed by atoms with Crippen LogP contribution < -0.4 is 14.8 Å². The molecule has 0 bridgehead atoms. The van der Waals surface area contributed by atoms with Gasteiger partial charge in [-0.05, 0) is 30.7 Å². The Balaban J connectivity index is 2.12. The number of aliphatic hydroxyl groups excluding tert-OH is 1. The number of esters is 1. The molecule has 0 aromatic heterocycles. The van der Waals surface area contributed by atoms with Crippen molar-refractivity contribution in [2.24, 2.45) is 0 Å². The molecular weight excluding hydrogens is 274 g/mol. The van der Waals surface area contributed by atoms with Crippen LogP contribution in [0.4, 0.5) is 0 Å². The molecule has 1 aromatic rings. The third-order valence-electron chi connectivity index (χ3n) is 3.39. The number of carbonyl (C=O) groups is 1. The summed E-state index contributed by atoms with van der Waals surface area (Å²) < 4.78 is 15.2. The van der Waals surface area contributed by atoms with Gasteiger partial charge in [0.05, 0.1) is 19.6 Å². The number of aliphatic hydroxyl groups is 1. The van der Waals surface area contributed by atoms with Gasteiger partial charge < -0.3 is 24.6 Å². The van der Waals surface area contributed by atoms with E-state index in [-0.39, 0.29) is 19.2 Å². The maximum atomic E-state index is 11.5. The zero-order valence-corrected chi connectivity index (χ0v) is 12.3. The summed E-state index contributed by atoms with van der Waals surface area (Å²) in [5, 5.41) is 13.7. The predicted octanol–water partition coefficient (Wildman–Crippen LogP) is 1.38. The first-order chi connectivity index (χ1) is 10.2. The van der Waals surface area contributed by atoms with E-state index < -0.39 is 12.1 Å². The van der Waals surface area contributed by atoms with Crippen molar-refractivity contribution in [2.75, 3.05) is 20.4 Å². The van der Waals surface area contributed by atoms with Crippen molar-refractivity contribution >= 4 is 5.97 Å². The summed E-state index contributed by atoms with van der Waals surface area (Å²) in [6.07, 6.45) is 0.183. The zero-order valence-electron chi connectivity index (χ0n) is 12.3. The van der Waals surface area contributed by atoms with Crippen molar-refractivity contribution < 1.29 is 24.1 Å². The summed E-state index contributed by atoms with van der Waals surface area (Å²) in [6, 6.07) is 4.87. The van der Waals surface area contributed by atoms with Crippen LogP contribution in [0.3, 0.4) is 0 Å². The second kappa shape index (κ2) is 7.28. The van der Waals surface area contributed by atoms with Crippen LogP contribution in [0.2, 0.25) is 0 Å². The van der Waals surface area contributed by atoms with Gasteiger partial charge in [-0.15, -0.1) is 0 Å². The molecule has 0 fully saturated rings. The predicted molar refractivity (Wildman–Crippen MR) is 76.2 cm³/mol. The summed E-state index contributed by atoms with van der Waals surface area (Å²) in [5.41, 5.74) is 0.678. The minimum absolute atomic E-state index is 0.103. The molecule has 1 heterocycles. The Labute approximate surface area is 124 Å². The van der Waals surface area contributed by atoms with Gasteiger partial charge in [-0.1, -0.05) is 13.0 Å². The highest BCUT2D eigenvalue weighted by molar-refractivity contribution is 5.70. The highest BCUT2D eigenvalue weighted by Gasteiger charge is 2.25. The van der Waals surface area contributed by atoms with E-state index in [0.717, 1.165) is 6.42 Å². The fraction of sp³-hybridized carbons (Fsp3) is 0.533. The minimum Gasteiger partial charge on any atom is -0.469 e. The fourth-order valence-corrected chi connectivity index (χ4v) is 2.22. The van der Waals surface area contributed by atoms with Gasteiger partial charge in [0.1, 0.15) is 0 Å². The summed E-state index contributed by atoms with van der Waals surface area (Å²) in [7, 11) is 1.34. The number of fused-ring (bicyclic) bond motifs is 1. The topological polar surface area (TPSA) is 77.0 Å². The van der Waals surface area contributed by atoms with Crippen LogP contribution in [0.25, 0.3) is 0 Å². The monoisotopic (exact) mass is 295 g/mol. The van der Waals surface area contributed by atoms with E-state index in [0.29, 0.717) is 23.6 Å². The molecule has 21 heavy (non-hydrogen) atoms. The van der Waals surface area contributed by atoms with Crippen LogP contribution in [0.15, 0.2) is 18.2 Å². The molecule has 2 N–H and O–H groups in total.